The van der Waals surface area contributed by atoms with E-state index in [1.807, 2.05) is 72.5 Å². The Hall–Kier alpha value is -6.05. The highest BCUT2D eigenvalue weighted by Crippen LogP contribution is 2.52. The summed E-state index contributed by atoms with van der Waals surface area (Å²) in [4.78, 5) is 52.5. The molecule has 1 saturated carbocycles. The lowest BCUT2D eigenvalue weighted by molar-refractivity contribution is -0.262. The number of fused-ring (bicyclic) bond motifs is 3. The lowest BCUT2D eigenvalue weighted by Crippen LogP contribution is -2.64. The fraction of sp³-hybridized carbons (Fsp3) is 0.412. The molecule has 64 heavy (non-hydrogen) atoms. The summed E-state index contributed by atoms with van der Waals surface area (Å²) < 4.78 is 50.4. The standard InChI is InChI=1S/C51H54FNO11/c1-29-42-25-35(17-21-39(42)47-49(61-29)50(63-32(4)56)48(62-31(3)55)45(64-47)28-59-30(2)54)36-18-22-40(44(26-36)60-27-33-11-7-5-8-12-33)46-41(51(58)53(46)38-13-9-6-10-14-38)23-24-43(57)34-15-19-37(52)20-16-34/h5-16,18-20,22,26,35,39,41,43,45-50,57H,17,21,23-25,27-28H2,1-4H3/t35?,39?,41-,43+,45-,46-,47+,48-,49+,50+/m1/s1. The quantitative estimate of drug-likeness (QED) is 0.0741. The minimum absolute atomic E-state index is 0.0490. The molecule has 4 aliphatic rings. The number of rotatable bonds is 14. The third-order valence-corrected chi connectivity index (χ3v) is 12.9. The molecule has 3 aliphatic heterocycles. The van der Waals surface area contributed by atoms with Crippen LogP contribution in [0.3, 0.4) is 0 Å². The normalized spacial score (nSPS) is 26.6. The van der Waals surface area contributed by atoms with Gasteiger partial charge in [-0.2, -0.15) is 0 Å². The number of halogens is 1. The molecule has 2 unspecified atom stereocenters. The molecule has 4 aromatic rings. The van der Waals surface area contributed by atoms with Crippen LogP contribution in [0.25, 0.3) is 0 Å². The van der Waals surface area contributed by atoms with Crippen LogP contribution in [-0.2, 0) is 49.5 Å². The number of carbonyl (C=O) groups is 4. The Balaban J connectivity index is 1.10. The second-order valence-corrected chi connectivity index (χ2v) is 17.1. The van der Waals surface area contributed by atoms with Crippen LogP contribution in [0, 0.1) is 17.7 Å². The highest BCUT2D eigenvalue weighted by atomic mass is 19.1. The van der Waals surface area contributed by atoms with Crippen LogP contribution in [0.2, 0.25) is 0 Å². The van der Waals surface area contributed by atoms with Crippen molar-refractivity contribution < 1.29 is 57.1 Å². The number of β-lactam (4-membered cyclic amide) rings is 1. The first-order chi connectivity index (χ1) is 30.9. The Morgan fingerprint density at radius 1 is 0.844 bits per heavy atom. The fourth-order valence-electron chi connectivity index (χ4n) is 9.96. The van der Waals surface area contributed by atoms with E-state index >= 15 is 0 Å². The molecule has 0 radical (unpaired) electrons. The molecule has 0 spiro atoms. The van der Waals surface area contributed by atoms with Gasteiger partial charge in [-0.15, -0.1) is 0 Å². The molecule has 12 nitrogen and oxygen atoms in total. The van der Waals surface area contributed by atoms with Crippen LogP contribution in [0.4, 0.5) is 10.1 Å². The van der Waals surface area contributed by atoms with Crippen molar-refractivity contribution in [2.45, 2.75) is 115 Å². The molecular weight excluding hydrogens is 822 g/mol. The van der Waals surface area contributed by atoms with Crippen molar-refractivity contribution >= 4 is 29.5 Å². The Morgan fingerprint density at radius 2 is 1.53 bits per heavy atom. The second kappa shape index (κ2) is 19.4. The Morgan fingerprint density at radius 3 is 2.22 bits per heavy atom. The van der Waals surface area contributed by atoms with Crippen LogP contribution in [0.5, 0.6) is 5.75 Å². The molecule has 8 rings (SSSR count). The summed E-state index contributed by atoms with van der Waals surface area (Å²) in [7, 11) is 0. The number of ether oxygens (including phenoxy) is 6. The zero-order chi connectivity index (χ0) is 45.1. The SMILES string of the molecule is CC(=O)OC[C@H]1O[C@H]2C3CCC(c4ccc([C@@H]5[C@@H](CC[C@H](O)c6ccc(F)cc6)C(=O)N5c5ccccc5)c(OCc5ccccc5)c4)CC3=C(C)O[C@@H]2[C@@H](OC(C)=O)[C@@H]1OC(C)=O. The first kappa shape index (κ1) is 44.6. The van der Waals surface area contributed by atoms with Crippen LogP contribution in [0.15, 0.2) is 114 Å². The van der Waals surface area contributed by atoms with Gasteiger partial charge < -0.3 is 38.4 Å². The molecule has 1 aliphatic carbocycles. The molecule has 0 aromatic heterocycles. The molecule has 4 aromatic carbocycles. The van der Waals surface area contributed by atoms with Gasteiger partial charge in [0, 0.05) is 37.9 Å². The van der Waals surface area contributed by atoms with E-state index in [4.69, 9.17) is 28.4 Å². The third-order valence-electron chi connectivity index (χ3n) is 12.9. The molecule has 1 amide bonds. The van der Waals surface area contributed by atoms with E-state index in [2.05, 4.69) is 18.2 Å². The van der Waals surface area contributed by atoms with E-state index in [0.717, 1.165) is 34.4 Å². The molecule has 13 heteroatoms. The van der Waals surface area contributed by atoms with Crippen molar-refractivity contribution in [1.29, 1.82) is 0 Å². The van der Waals surface area contributed by atoms with Crippen molar-refractivity contribution in [2.75, 3.05) is 11.5 Å². The lowest BCUT2D eigenvalue weighted by atomic mass is 9.69. The summed E-state index contributed by atoms with van der Waals surface area (Å²) in [5.74, 6) is -1.31. The van der Waals surface area contributed by atoms with Gasteiger partial charge in [-0.3, -0.25) is 19.2 Å². The Kier molecular flexibility index (Phi) is 13.5. The number of amides is 1. The summed E-state index contributed by atoms with van der Waals surface area (Å²) in [5, 5.41) is 11.1. The highest BCUT2D eigenvalue weighted by molar-refractivity contribution is 6.03. The van der Waals surface area contributed by atoms with Crippen molar-refractivity contribution in [1.82, 2.24) is 0 Å². The van der Waals surface area contributed by atoms with Crippen molar-refractivity contribution in [3.05, 3.63) is 143 Å². The van der Waals surface area contributed by atoms with E-state index in [9.17, 15) is 28.7 Å². The molecule has 336 valence electrons. The maximum absolute atomic E-state index is 14.1. The molecule has 3 heterocycles. The molecule has 10 atom stereocenters. The molecule has 2 saturated heterocycles. The number of hydrogen-bond acceptors (Lipinski definition) is 11. The number of allylic oxidation sites excluding steroid dienone is 1. The predicted octanol–water partition coefficient (Wildman–Crippen LogP) is 8.37. The molecular formula is C51H54FNO11. The van der Waals surface area contributed by atoms with Crippen LogP contribution in [0.1, 0.15) is 100 Å². The van der Waals surface area contributed by atoms with E-state index < -0.39 is 60.4 Å². The Bertz CT molecular complexity index is 2360. The molecule has 0 bridgehead atoms. The summed E-state index contributed by atoms with van der Waals surface area (Å²) in [6, 6.07) is 31.1. The lowest BCUT2D eigenvalue weighted by Gasteiger charge is -2.51. The van der Waals surface area contributed by atoms with Crippen LogP contribution in [-0.4, -0.2) is 66.0 Å². The monoisotopic (exact) mass is 875 g/mol. The number of nitrogens with zero attached hydrogens (tertiary/aromatic N) is 1. The van der Waals surface area contributed by atoms with Gasteiger partial charge in [-0.25, -0.2) is 4.39 Å². The van der Waals surface area contributed by atoms with E-state index in [0.29, 0.717) is 49.4 Å². The summed E-state index contributed by atoms with van der Waals surface area (Å²) in [6.45, 7) is 5.81. The number of para-hydroxylation sites is 1. The summed E-state index contributed by atoms with van der Waals surface area (Å²) in [6.07, 6.45) is -2.38. The topological polar surface area (TPSA) is 147 Å². The van der Waals surface area contributed by atoms with Gasteiger partial charge in [-0.1, -0.05) is 72.8 Å². The highest BCUT2D eigenvalue weighted by Gasteiger charge is 2.57. The number of aliphatic hydroxyl groups is 1. The first-order valence-electron chi connectivity index (χ1n) is 22.0. The number of anilines is 1. The van der Waals surface area contributed by atoms with Crippen molar-refractivity contribution in [3.63, 3.8) is 0 Å². The average Bonchev–Trinajstić information content (AvgIpc) is 3.28. The van der Waals surface area contributed by atoms with Gasteiger partial charge in [0.15, 0.2) is 18.3 Å². The molecule has 1 N–H and O–H groups in total. The maximum atomic E-state index is 14.1. The minimum atomic E-state index is -1.07. The summed E-state index contributed by atoms with van der Waals surface area (Å²) in [5.41, 5.74) is 5.31. The maximum Gasteiger partial charge on any atom is 0.303 e. The number of benzene rings is 4. The third kappa shape index (κ3) is 9.56. The van der Waals surface area contributed by atoms with Crippen LogP contribution < -0.4 is 9.64 Å². The van der Waals surface area contributed by atoms with Crippen molar-refractivity contribution in [2.24, 2.45) is 11.8 Å². The zero-order valence-corrected chi connectivity index (χ0v) is 36.4. The van der Waals surface area contributed by atoms with E-state index in [-0.39, 0.29) is 36.2 Å². The summed E-state index contributed by atoms with van der Waals surface area (Å²) >= 11 is 0. The minimum Gasteiger partial charge on any atom is -0.489 e. The molecule has 3 fully saturated rings. The van der Waals surface area contributed by atoms with Gasteiger partial charge in [0.05, 0.1) is 23.8 Å². The fourth-order valence-corrected chi connectivity index (χ4v) is 9.96. The van der Waals surface area contributed by atoms with Gasteiger partial charge >= 0.3 is 17.9 Å². The van der Waals surface area contributed by atoms with Gasteiger partial charge in [0.25, 0.3) is 0 Å². The Labute approximate surface area is 372 Å². The largest absolute Gasteiger partial charge is 0.489 e. The van der Waals surface area contributed by atoms with Crippen molar-refractivity contribution in [3.8, 4) is 5.75 Å². The first-order valence-corrected chi connectivity index (χ1v) is 22.0. The number of carbonyl (C=O) groups excluding carboxylic acids is 4. The number of hydrogen-bond donors (Lipinski definition) is 1. The van der Waals surface area contributed by atoms with E-state index in [1.165, 1.54) is 32.9 Å². The van der Waals surface area contributed by atoms with Gasteiger partial charge in [0.1, 0.15) is 37.0 Å². The van der Waals surface area contributed by atoms with Gasteiger partial charge in [0.2, 0.25) is 5.91 Å². The second-order valence-electron chi connectivity index (χ2n) is 17.1. The van der Waals surface area contributed by atoms with Gasteiger partial charge in [-0.05, 0) is 97.5 Å². The average molecular weight is 876 g/mol. The smallest absolute Gasteiger partial charge is 0.303 e. The number of esters is 3. The zero-order valence-electron chi connectivity index (χ0n) is 36.4. The van der Waals surface area contributed by atoms with Crippen LogP contribution >= 0.6 is 0 Å². The van der Waals surface area contributed by atoms with E-state index in [1.54, 1.807) is 12.1 Å². The number of aliphatic hydroxyl groups excluding tert-OH is 1. The predicted molar refractivity (Wildman–Crippen MR) is 232 cm³/mol.